The highest BCUT2D eigenvalue weighted by atomic mass is 35.5. The molecule has 9 heteroatoms. The maximum absolute atomic E-state index is 12.8. The normalized spacial score (nSPS) is 13.1. The average molecular weight is 405 g/mol. The number of rotatable bonds is 3. The number of halogens is 2. The molecule has 2 aromatic carbocycles. The molecule has 0 saturated carbocycles. The summed E-state index contributed by atoms with van der Waals surface area (Å²) < 4.78 is 12.8. The van der Waals surface area contributed by atoms with Gasteiger partial charge in [0.1, 0.15) is 12.7 Å². The molecule has 138 valence electrons. The summed E-state index contributed by atoms with van der Waals surface area (Å²) in [5.74, 6) is 0.542. The third kappa shape index (κ3) is 3.70. The van der Waals surface area contributed by atoms with Crippen LogP contribution < -0.4 is 14.8 Å². The maximum Gasteiger partial charge on any atom is 0.255 e. The van der Waals surface area contributed by atoms with Crippen LogP contribution in [0.1, 0.15) is 16.8 Å². The average Bonchev–Trinajstić information content (AvgIpc) is 3.06. The molecule has 0 unspecified atom stereocenters. The van der Waals surface area contributed by atoms with E-state index in [9.17, 15) is 4.79 Å². The first-order chi connectivity index (χ1) is 13.1. The van der Waals surface area contributed by atoms with Crippen LogP contribution in [0.2, 0.25) is 10.0 Å². The number of anilines is 1. The highest BCUT2D eigenvalue weighted by molar-refractivity contribution is 6.33. The molecule has 0 fully saturated rings. The van der Waals surface area contributed by atoms with Gasteiger partial charge in [-0.05, 0) is 30.3 Å². The molecule has 0 saturated heterocycles. The zero-order valence-corrected chi connectivity index (χ0v) is 15.5. The first-order valence-corrected chi connectivity index (χ1v) is 8.92. The van der Waals surface area contributed by atoms with E-state index < -0.39 is 0 Å². The van der Waals surface area contributed by atoms with E-state index in [0.717, 1.165) is 6.42 Å². The summed E-state index contributed by atoms with van der Waals surface area (Å²) in [6, 6.07) is 8.25. The van der Waals surface area contributed by atoms with Crippen molar-refractivity contribution in [2.75, 3.05) is 18.5 Å². The first-order valence-electron chi connectivity index (χ1n) is 8.17. The standard InChI is InChI=1S/C18H14Cl2N4O3/c19-12-2-3-15(24-10-21-9-22-24)14(8-12)23-18(25)11-6-13(20)17-16(7-11)26-4-1-5-27-17/h2-3,6-10H,1,4-5H2,(H,23,25). The fourth-order valence-electron chi connectivity index (χ4n) is 2.70. The van der Waals surface area contributed by atoms with E-state index >= 15 is 0 Å². The van der Waals surface area contributed by atoms with Crippen LogP contribution in [-0.4, -0.2) is 33.9 Å². The lowest BCUT2D eigenvalue weighted by Gasteiger charge is -2.14. The van der Waals surface area contributed by atoms with E-state index in [2.05, 4.69) is 15.4 Å². The van der Waals surface area contributed by atoms with Gasteiger partial charge in [0, 0.05) is 17.0 Å². The quantitative estimate of drug-likeness (QED) is 0.713. The number of hydrogen-bond donors (Lipinski definition) is 1. The number of nitrogens with zero attached hydrogens (tertiary/aromatic N) is 3. The summed E-state index contributed by atoms with van der Waals surface area (Å²) in [7, 11) is 0. The molecule has 27 heavy (non-hydrogen) atoms. The van der Waals surface area contributed by atoms with Crippen molar-refractivity contribution in [3.63, 3.8) is 0 Å². The van der Waals surface area contributed by atoms with Crippen LogP contribution in [-0.2, 0) is 0 Å². The number of carbonyl (C=O) groups excluding carboxylic acids is 1. The van der Waals surface area contributed by atoms with Crippen LogP contribution >= 0.6 is 23.2 Å². The molecule has 1 aromatic heterocycles. The van der Waals surface area contributed by atoms with Gasteiger partial charge >= 0.3 is 0 Å². The SMILES string of the molecule is O=C(Nc1cc(Cl)ccc1-n1cncn1)c1cc(Cl)c2c(c1)OCCCO2. The van der Waals surface area contributed by atoms with Gasteiger partial charge in [0.25, 0.3) is 5.91 Å². The number of hydrogen-bond acceptors (Lipinski definition) is 5. The number of carbonyl (C=O) groups is 1. The first kappa shape index (κ1) is 17.6. The number of nitrogens with one attached hydrogen (secondary N) is 1. The van der Waals surface area contributed by atoms with Gasteiger partial charge in [-0.3, -0.25) is 4.79 Å². The van der Waals surface area contributed by atoms with E-state index in [4.69, 9.17) is 32.7 Å². The maximum atomic E-state index is 12.8. The number of aromatic nitrogens is 3. The third-order valence-corrected chi connectivity index (χ3v) is 4.45. The zero-order chi connectivity index (χ0) is 18.8. The summed E-state index contributed by atoms with van der Waals surface area (Å²) in [6.45, 7) is 1.02. The Hall–Kier alpha value is -2.77. The molecule has 7 nitrogen and oxygen atoms in total. The summed E-state index contributed by atoms with van der Waals surface area (Å²) in [5, 5.41) is 7.73. The summed E-state index contributed by atoms with van der Waals surface area (Å²) in [6.07, 6.45) is 3.68. The smallest absolute Gasteiger partial charge is 0.255 e. The molecular weight excluding hydrogens is 391 g/mol. The Bertz CT molecular complexity index is 993. The van der Waals surface area contributed by atoms with Gasteiger partial charge in [0.05, 0.1) is 29.6 Å². The van der Waals surface area contributed by atoms with Crippen LogP contribution in [0.15, 0.2) is 43.0 Å². The Kier molecular flexibility index (Phi) is 4.87. The summed E-state index contributed by atoms with van der Waals surface area (Å²) in [5.41, 5.74) is 1.46. The van der Waals surface area contributed by atoms with Crippen molar-refractivity contribution in [2.24, 2.45) is 0 Å². The highest BCUT2D eigenvalue weighted by Crippen LogP contribution is 2.38. The van der Waals surface area contributed by atoms with E-state index in [-0.39, 0.29) is 5.91 Å². The van der Waals surface area contributed by atoms with Crippen LogP contribution in [0, 0.1) is 0 Å². The molecule has 1 N–H and O–H groups in total. The Balaban J connectivity index is 1.66. The molecule has 0 aliphatic carbocycles. The summed E-state index contributed by atoms with van der Waals surface area (Å²) >= 11 is 12.4. The lowest BCUT2D eigenvalue weighted by molar-refractivity contribution is 0.102. The molecule has 3 aromatic rings. The van der Waals surface area contributed by atoms with Gasteiger partial charge in [-0.2, -0.15) is 5.10 Å². The van der Waals surface area contributed by atoms with Crippen molar-refractivity contribution in [2.45, 2.75) is 6.42 Å². The Morgan fingerprint density at radius 2 is 2.00 bits per heavy atom. The molecular formula is C18H14Cl2N4O3. The van der Waals surface area contributed by atoms with E-state index in [1.165, 1.54) is 17.3 Å². The number of benzene rings is 2. The fourth-order valence-corrected chi connectivity index (χ4v) is 3.13. The highest BCUT2D eigenvalue weighted by Gasteiger charge is 2.19. The topological polar surface area (TPSA) is 78.3 Å². The molecule has 1 aliphatic rings. The minimum atomic E-state index is -0.365. The van der Waals surface area contributed by atoms with Crippen LogP contribution in [0.3, 0.4) is 0 Å². The van der Waals surface area contributed by atoms with Crippen molar-refractivity contribution in [3.8, 4) is 17.2 Å². The van der Waals surface area contributed by atoms with Gasteiger partial charge in [-0.25, -0.2) is 9.67 Å². The van der Waals surface area contributed by atoms with Gasteiger partial charge < -0.3 is 14.8 Å². The van der Waals surface area contributed by atoms with E-state index in [1.54, 1.807) is 30.3 Å². The second kappa shape index (κ2) is 7.46. The van der Waals surface area contributed by atoms with Gasteiger partial charge in [0.2, 0.25) is 0 Å². The largest absolute Gasteiger partial charge is 0.489 e. The van der Waals surface area contributed by atoms with Gasteiger partial charge in [-0.1, -0.05) is 23.2 Å². The summed E-state index contributed by atoms with van der Waals surface area (Å²) in [4.78, 5) is 16.7. The molecule has 0 bridgehead atoms. The minimum Gasteiger partial charge on any atom is -0.489 e. The van der Waals surface area contributed by atoms with Crippen molar-refractivity contribution in [3.05, 3.63) is 58.6 Å². The van der Waals surface area contributed by atoms with Crippen LogP contribution in [0.4, 0.5) is 5.69 Å². The van der Waals surface area contributed by atoms with Crippen LogP contribution in [0.25, 0.3) is 5.69 Å². The predicted molar refractivity (Wildman–Crippen MR) is 101 cm³/mol. The predicted octanol–water partition coefficient (Wildman–Crippen LogP) is 3.99. The number of amides is 1. The van der Waals surface area contributed by atoms with E-state index in [1.807, 2.05) is 0 Å². The lowest BCUT2D eigenvalue weighted by Crippen LogP contribution is -2.14. The molecule has 0 atom stereocenters. The number of ether oxygens (including phenoxy) is 2. The third-order valence-electron chi connectivity index (χ3n) is 3.94. The van der Waals surface area contributed by atoms with Gasteiger partial charge in [0.15, 0.2) is 11.5 Å². The Morgan fingerprint density at radius 3 is 2.81 bits per heavy atom. The Morgan fingerprint density at radius 1 is 1.15 bits per heavy atom. The van der Waals surface area contributed by atoms with Gasteiger partial charge in [-0.15, -0.1) is 0 Å². The van der Waals surface area contributed by atoms with Crippen molar-refractivity contribution < 1.29 is 14.3 Å². The molecule has 0 radical (unpaired) electrons. The van der Waals surface area contributed by atoms with Crippen molar-refractivity contribution >= 4 is 34.8 Å². The zero-order valence-electron chi connectivity index (χ0n) is 14.0. The fraction of sp³-hybridized carbons (Fsp3) is 0.167. The number of fused-ring (bicyclic) bond motifs is 1. The van der Waals surface area contributed by atoms with Crippen molar-refractivity contribution in [1.29, 1.82) is 0 Å². The van der Waals surface area contributed by atoms with E-state index in [0.29, 0.717) is 51.7 Å². The molecule has 1 amide bonds. The Labute approximate surface area is 164 Å². The monoisotopic (exact) mass is 404 g/mol. The molecule has 0 spiro atoms. The second-order valence-electron chi connectivity index (χ2n) is 5.79. The second-order valence-corrected chi connectivity index (χ2v) is 6.64. The van der Waals surface area contributed by atoms with Crippen LogP contribution in [0.5, 0.6) is 11.5 Å². The van der Waals surface area contributed by atoms with Crippen molar-refractivity contribution in [1.82, 2.24) is 14.8 Å². The molecule has 4 rings (SSSR count). The molecule has 2 heterocycles. The molecule has 1 aliphatic heterocycles. The lowest BCUT2D eigenvalue weighted by atomic mass is 10.1. The minimum absolute atomic E-state index is 0.321.